The van der Waals surface area contributed by atoms with Gasteiger partial charge in [-0.2, -0.15) is 0 Å². The fourth-order valence-corrected chi connectivity index (χ4v) is 3.62. The molecule has 2 rings (SSSR count). The average Bonchev–Trinajstić information content (AvgIpc) is 3.04. The molecule has 1 aliphatic rings. The largest absolute Gasteiger partial charge is 0.370 e. The molecule has 0 aliphatic carbocycles. The van der Waals surface area contributed by atoms with E-state index in [1.807, 2.05) is 11.8 Å². The van der Waals surface area contributed by atoms with Gasteiger partial charge in [0.25, 0.3) is 0 Å². The van der Waals surface area contributed by atoms with Crippen LogP contribution >= 0.6 is 11.8 Å². The number of thioether (sulfide) groups is 1. The number of hydrogen-bond acceptors (Lipinski definition) is 2. The standard InChI is InChI=1S/C16H22OSSi/c1-16(13-17-16)12-15(10-11-19(2,3)4)18-14-8-6-5-7-9-14/h5-9,15H,12-13H2,1-4H3. The van der Waals surface area contributed by atoms with Crippen molar-refractivity contribution < 1.29 is 4.74 Å². The van der Waals surface area contributed by atoms with Crippen LogP contribution in [-0.4, -0.2) is 25.5 Å². The first kappa shape index (κ1) is 14.7. The normalized spacial score (nSPS) is 23.4. The lowest BCUT2D eigenvalue weighted by Crippen LogP contribution is -2.19. The van der Waals surface area contributed by atoms with Crippen LogP contribution in [0.4, 0.5) is 0 Å². The van der Waals surface area contributed by atoms with Crippen LogP contribution in [0.1, 0.15) is 13.3 Å². The van der Waals surface area contributed by atoms with Crippen molar-refractivity contribution in [2.24, 2.45) is 0 Å². The SMILES string of the molecule is CC1(CC(C#C[Si](C)(C)C)Sc2ccccc2)CO1. The van der Waals surface area contributed by atoms with Gasteiger partial charge in [-0.15, -0.1) is 17.3 Å². The van der Waals surface area contributed by atoms with Crippen LogP contribution in [-0.2, 0) is 4.74 Å². The second kappa shape index (κ2) is 5.74. The zero-order valence-electron chi connectivity index (χ0n) is 12.2. The molecule has 1 saturated heterocycles. The quantitative estimate of drug-likeness (QED) is 0.356. The summed E-state index contributed by atoms with van der Waals surface area (Å²) >= 11 is 1.86. The van der Waals surface area contributed by atoms with Crippen molar-refractivity contribution in [3.8, 4) is 11.5 Å². The highest BCUT2D eigenvalue weighted by atomic mass is 32.2. The molecule has 1 aliphatic heterocycles. The lowest BCUT2D eigenvalue weighted by Gasteiger charge is -2.14. The lowest BCUT2D eigenvalue weighted by atomic mass is 10.1. The second-order valence-corrected chi connectivity index (χ2v) is 12.4. The van der Waals surface area contributed by atoms with E-state index in [0.717, 1.165) is 13.0 Å². The van der Waals surface area contributed by atoms with Crippen LogP contribution in [0.25, 0.3) is 0 Å². The van der Waals surface area contributed by atoms with E-state index in [1.54, 1.807) is 0 Å². The minimum Gasteiger partial charge on any atom is -0.370 e. The van der Waals surface area contributed by atoms with Gasteiger partial charge < -0.3 is 4.74 Å². The Hall–Kier alpha value is -0.693. The summed E-state index contributed by atoms with van der Waals surface area (Å²) in [5.41, 5.74) is 3.58. The Morgan fingerprint density at radius 2 is 1.95 bits per heavy atom. The van der Waals surface area contributed by atoms with Gasteiger partial charge in [0, 0.05) is 11.3 Å². The maximum atomic E-state index is 5.53. The summed E-state index contributed by atoms with van der Waals surface area (Å²) in [6.45, 7) is 9.94. The molecule has 1 fully saturated rings. The molecular weight excluding hydrogens is 268 g/mol. The summed E-state index contributed by atoms with van der Waals surface area (Å²) < 4.78 is 5.53. The molecule has 2 atom stereocenters. The molecule has 1 nitrogen and oxygen atoms in total. The van der Waals surface area contributed by atoms with E-state index in [1.165, 1.54) is 4.90 Å². The Balaban J connectivity index is 2.07. The number of benzene rings is 1. The molecule has 0 aromatic heterocycles. The Kier molecular flexibility index (Phi) is 4.45. The average molecular weight is 291 g/mol. The van der Waals surface area contributed by atoms with Crippen molar-refractivity contribution in [2.45, 2.75) is 48.7 Å². The molecule has 1 aromatic carbocycles. The fraction of sp³-hybridized carbons (Fsp3) is 0.500. The van der Waals surface area contributed by atoms with Crippen LogP contribution in [0.3, 0.4) is 0 Å². The Bertz CT molecular complexity index is 477. The van der Waals surface area contributed by atoms with Gasteiger partial charge in [0.1, 0.15) is 8.07 Å². The molecule has 0 N–H and O–H groups in total. The molecule has 3 heteroatoms. The van der Waals surface area contributed by atoms with Gasteiger partial charge in [-0.1, -0.05) is 43.8 Å². The van der Waals surface area contributed by atoms with Gasteiger partial charge in [0.05, 0.1) is 17.5 Å². The topological polar surface area (TPSA) is 12.5 Å². The molecule has 0 radical (unpaired) electrons. The van der Waals surface area contributed by atoms with E-state index in [0.29, 0.717) is 5.25 Å². The highest BCUT2D eigenvalue weighted by Gasteiger charge is 2.41. The van der Waals surface area contributed by atoms with Crippen molar-refractivity contribution in [1.82, 2.24) is 0 Å². The van der Waals surface area contributed by atoms with Crippen LogP contribution in [0.5, 0.6) is 0 Å². The molecule has 0 saturated carbocycles. The zero-order chi connectivity index (χ0) is 13.9. The summed E-state index contributed by atoms with van der Waals surface area (Å²) in [5, 5.41) is 0.335. The number of epoxide rings is 1. The van der Waals surface area contributed by atoms with E-state index in [9.17, 15) is 0 Å². The molecule has 1 aromatic rings. The number of hydrogen-bond donors (Lipinski definition) is 0. The second-order valence-electron chi connectivity index (χ2n) is 6.38. The third-order valence-corrected chi connectivity index (χ3v) is 4.89. The molecule has 0 amide bonds. The van der Waals surface area contributed by atoms with Gasteiger partial charge >= 0.3 is 0 Å². The van der Waals surface area contributed by atoms with Crippen LogP contribution in [0.2, 0.25) is 19.6 Å². The first-order chi connectivity index (χ1) is 8.86. The summed E-state index contributed by atoms with van der Waals surface area (Å²) in [5.74, 6) is 3.50. The summed E-state index contributed by atoms with van der Waals surface area (Å²) in [4.78, 5) is 1.29. The predicted molar refractivity (Wildman–Crippen MR) is 86.2 cm³/mol. The highest BCUT2D eigenvalue weighted by molar-refractivity contribution is 8.00. The molecular formula is C16H22OSSi. The van der Waals surface area contributed by atoms with Crippen molar-refractivity contribution in [2.75, 3.05) is 6.61 Å². The van der Waals surface area contributed by atoms with Crippen LogP contribution in [0, 0.1) is 11.5 Å². The fourth-order valence-electron chi connectivity index (χ4n) is 1.72. The highest BCUT2D eigenvalue weighted by Crippen LogP contribution is 2.36. The van der Waals surface area contributed by atoms with Crippen LogP contribution in [0.15, 0.2) is 35.2 Å². The van der Waals surface area contributed by atoms with Gasteiger partial charge in [0.2, 0.25) is 0 Å². The molecule has 0 bridgehead atoms. The van der Waals surface area contributed by atoms with Crippen molar-refractivity contribution in [3.63, 3.8) is 0 Å². The molecule has 0 spiro atoms. The third kappa shape index (κ3) is 5.44. The lowest BCUT2D eigenvalue weighted by molar-refractivity contribution is 0.313. The van der Waals surface area contributed by atoms with Crippen molar-refractivity contribution in [3.05, 3.63) is 30.3 Å². The zero-order valence-corrected chi connectivity index (χ0v) is 14.0. The first-order valence-corrected chi connectivity index (χ1v) is 11.1. The Labute approximate surface area is 122 Å². The number of ether oxygens (including phenoxy) is 1. The Morgan fingerprint density at radius 3 is 2.47 bits per heavy atom. The van der Waals surface area contributed by atoms with Gasteiger partial charge in [0.15, 0.2) is 0 Å². The van der Waals surface area contributed by atoms with Crippen molar-refractivity contribution >= 4 is 19.8 Å². The van der Waals surface area contributed by atoms with E-state index in [2.05, 4.69) is 68.4 Å². The molecule has 102 valence electrons. The van der Waals surface area contributed by atoms with Crippen LogP contribution < -0.4 is 0 Å². The minimum absolute atomic E-state index is 0.0700. The third-order valence-electron chi connectivity index (χ3n) is 2.88. The molecule has 2 unspecified atom stereocenters. The molecule has 1 heterocycles. The van der Waals surface area contributed by atoms with Gasteiger partial charge in [-0.3, -0.25) is 0 Å². The summed E-state index contributed by atoms with van der Waals surface area (Å²) in [6.07, 6.45) is 1.02. The Morgan fingerprint density at radius 1 is 1.32 bits per heavy atom. The maximum Gasteiger partial charge on any atom is 0.129 e. The summed E-state index contributed by atoms with van der Waals surface area (Å²) in [7, 11) is -1.31. The van der Waals surface area contributed by atoms with E-state index in [-0.39, 0.29) is 5.60 Å². The molecule has 19 heavy (non-hydrogen) atoms. The minimum atomic E-state index is -1.31. The maximum absolute atomic E-state index is 5.53. The van der Waals surface area contributed by atoms with Gasteiger partial charge in [-0.25, -0.2) is 0 Å². The smallest absolute Gasteiger partial charge is 0.129 e. The van der Waals surface area contributed by atoms with Gasteiger partial charge in [-0.05, 0) is 19.1 Å². The van der Waals surface area contributed by atoms with E-state index in [4.69, 9.17) is 4.74 Å². The predicted octanol–water partition coefficient (Wildman–Crippen LogP) is 4.21. The summed E-state index contributed by atoms with van der Waals surface area (Å²) in [6, 6.07) is 10.5. The van der Waals surface area contributed by atoms with E-state index < -0.39 is 8.07 Å². The van der Waals surface area contributed by atoms with E-state index >= 15 is 0 Å². The van der Waals surface area contributed by atoms with Crippen molar-refractivity contribution in [1.29, 1.82) is 0 Å². The first-order valence-electron chi connectivity index (χ1n) is 6.75. The number of rotatable bonds is 4. The monoisotopic (exact) mass is 290 g/mol.